The van der Waals surface area contributed by atoms with Crippen molar-refractivity contribution in [3.63, 3.8) is 0 Å². The van der Waals surface area contributed by atoms with E-state index in [9.17, 15) is 8.42 Å². The topological polar surface area (TPSA) is 43.4 Å². The fourth-order valence-corrected chi connectivity index (χ4v) is 11.8. The van der Waals surface area contributed by atoms with Crippen LogP contribution in [0.5, 0.6) is 0 Å². The normalized spacial score (nSPS) is 37.1. The van der Waals surface area contributed by atoms with E-state index in [2.05, 4.69) is 61.5 Å². The summed E-state index contributed by atoms with van der Waals surface area (Å²) in [5.74, 6) is 1.98. The van der Waals surface area contributed by atoms with Gasteiger partial charge in [-0.2, -0.15) is 8.42 Å². The minimum absolute atomic E-state index is 0.127. The number of hydrogen-bond acceptors (Lipinski definition) is 3. The molecule has 1 aromatic rings. The minimum Gasteiger partial charge on any atom is -0.262 e. The van der Waals surface area contributed by atoms with Crippen molar-refractivity contribution in [1.82, 2.24) is 0 Å². The maximum atomic E-state index is 13.3. The summed E-state index contributed by atoms with van der Waals surface area (Å²) < 4.78 is 32.7. The lowest BCUT2D eigenvalue weighted by atomic mass is 9.43. The van der Waals surface area contributed by atoms with E-state index in [1.54, 1.807) is 23.3 Å². The number of hydrogen-bond donors (Lipinski definition) is 0. The predicted molar refractivity (Wildman–Crippen MR) is 170 cm³/mol. The van der Waals surface area contributed by atoms with Crippen LogP contribution in [0.3, 0.4) is 0 Å². The first kappa shape index (κ1) is 31.0. The number of benzene rings is 1. The van der Waals surface area contributed by atoms with Gasteiger partial charge in [-0.1, -0.05) is 82.0 Å². The van der Waals surface area contributed by atoms with Crippen molar-refractivity contribution in [1.29, 1.82) is 0 Å². The van der Waals surface area contributed by atoms with Crippen molar-refractivity contribution in [2.75, 3.05) is 0 Å². The molecule has 228 valence electrons. The second-order valence-electron chi connectivity index (χ2n) is 15.9. The molecule has 0 bridgehead atoms. The van der Waals surface area contributed by atoms with Gasteiger partial charge in [-0.05, 0) is 137 Å². The second kappa shape index (κ2) is 10.7. The van der Waals surface area contributed by atoms with Crippen molar-refractivity contribution in [2.45, 2.75) is 138 Å². The summed E-state index contributed by atoms with van der Waals surface area (Å²) in [6.07, 6.45) is 13.9. The third-order valence-corrected chi connectivity index (χ3v) is 14.5. The molecule has 0 amide bonds. The second-order valence-corrected chi connectivity index (χ2v) is 17.5. The molecule has 2 fully saturated rings. The highest BCUT2D eigenvalue weighted by molar-refractivity contribution is 7.86. The number of rotatable bonds is 7. The van der Waals surface area contributed by atoms with Crippen LogP contribution in [-0.4, -0.2) is 14.5 Å². The smallest absolute Gasteiger partial charge is 0.262 e. The van der Waals surface area contributed by atoms with Gasteiger partial charge in [-0.25, -0.2) is 0 Å². The molecule has 0 radical (unpaired) electrons. The van der Waals surface area contributed by atoms with Gasteiger partial charge < -0.3 is 0 Å². The van der Waals surface area contributed by atoms with E-state index >= 15 is 0 Å². The Bertz CT molecular complexity index is 1310. The lowest BCUT2D eigenvalue weighted by molar-refractivity contribution is -0.0833. The van der Waals surface area contributed by atoms with E-state index in [1.165, 1.54) is 50.5 Å². The molecule has 5 rings (SSSR count). The largest absolute Gasteiger partial charge is 0.297 e. The molecule has 3 nitrogen and oxygen atoms in total. The Hall–Kier alpha value is -1.39. The fraction of sp³-hybridized carbons (Fsp3) is 0.730. The molecule has 0 aromatic heterocycles. The van der Waals surface area contributed by atoms with Crippen LogP contribution in [-0.2, 0) is 14.3 Å². The van der Waals surface area contributed by atoms with Crippen molar-refractivity contribution in [3.05, 3.63) is 52.6 Å². The van der Waals surface area contributed by atoms with Gasteiger partial charge in [0.1, 0.15) is 0 Å². The molecule has 2 saturated carbocycles. The Morgan fingerprint density at radius 1 is 0.951 bits per heavy atom. The number of aryl methyl sites for hydroxylation is 1. The molecule has 7 unspecified atom stereocenters. The fourth-order valence-electron chi connectivity index (χ4n) is 10.5. The Labute approximate surface area is 251 Å². The van der Waals surface area contributed by atoms with Gasteiger partial charge in [0.2, 0.25) is 0 Å². The Balaban J connectivity index is 1.40. The zero-order valence-corrected chi connectivity index (χ0v) is 28.2. The van der Waals surface area contributed by atoms with Gasteiger partial charge in [-0.15, -0.1) is 0 Å². The number of allylic oxidation sites excluding steroid dienone is 4. The monoisotopic (exact) mass is 580 g/mol. The Kier molecular flexibility index (Phi) is 8.07. The quantitative estimate of drug-likeness (QED) is 0.238. The molecule has 0 N–H and O–H groups in total. The van der Waals surface area contributed by atoms with Crippen molar-refractivity contribution < 1.29 is 12.6 Å². The van der Waals surface area contributed by atoms with Crippen molar-refractivity contribution >= 4 is 10.1 Å². The van der Waals surface area contributed by atoms with Gasteiger partial charge >= 0.3 is 0 Å². The molecule has 4 heteroatoms. The third kappa shape index (κ3) is 5.01. The van der Waals surface area contributed by atoms with Crippen LogP contribution < -0.4 is 0 Å². The minimum atomic E-state index is -3.80. The molecule has 4 aliphatic rings. The van der Waals surface area contributed by atoms with Crippen LogP contribution in [0.15, 0.2) is 52.0 Å². The summed E-state index contributed by atoms with van der Waals surface area (Å²) in [4.78, 5) is 0.270. The molecule has 0 heterocycles. The standard InChI is InChI=1S/C37H56O3S/c1-25(2)11-10-12-27(4)29-19-23-37(9)31-17-18-32-34(5,6)33(40-41(38,39)28-15-13-26(3)14-16-28)21-22-35(32,7)30(31)20-24-36(29,37)8/h11,13-16,27,29,32-33H,10,12,17-24H2,1-9H3. The molecule has 41 heavy (non-hydrogen) atoms. The molecular weight excluding hydrogens is 524 g/mol. The highest BCUT2D eigenvalue weighted by Crippen LogP contribution is 2.72. The molecule has 0 aliphatic heterocycles. The van der Waals surface area contributed by atoms with Crippen LogP contribution in [0, 0.1) is 46.3 Å². The maximum Gasteiger partial charge on any atom is 0.297 e. The van der Waals surface area contributed by atoms with E-state index in [-0.39, 0.29) is 27.2 Å². The van der Waals surface area contributed by atoms with Crippen molar-refractivity contribution in [3.8, 4) is 0 Å². The van der Waals surface area contributed by atoms with Gasteiger partial charge in [0.15, 0.2) is 0 Å². The molecular formula is C37H56O3S. The zero-order valence-electron chi connectivity index (χ0n) is 27.4. The highest BCUT2D eigenvalue weighted by atomic mass is 32.2. The first-order valence-corrected chi connectivity index (χ1v) is 17.8. The molecule has 0 saturated heterocycles. The van der Waals surface area contributed by atoms with E-state index in [0.29, 0.717) is 11.3 Å². The van der Waals surface area contributed by atoms with Gasteiger partial charge in [0.25, 0.3) is 10.1 Å². The van der Waals surface area contributed by atoms with Crippen LogP contribution in [0.2, 0.25) is 0 Å². The van der Waals surface area contributed by atoms with Gasteiger partial charge in [0, 0.05) is 0 Å². The summed E-state index contributed by atoms with van der Waals surface area (Å²) in [5.41, 5.74) is 6.60. The van der Waals surface area contributed by atoms with Gasteiger partial charge in [0.05, 0.1) is 11.0 Å². The van der Waals surface area contributed by atoms with E-state index < -0.39 is 10.1 Å². The first-order chi connectivity index (χ1) is 19.1. The maximum absolute atomic E-state index is 13.3. The highest BCUT2D eigenvalue weighted by Gasteiger charge is 2.63. The summed E-state index contributed by atoms with van der Waals surface area (Å²) in [6.45, 7) is 21.3. The third-order valence-electron chi connectivity index (χ3n) is 13.2. The summed E-state index contributed by atoms with van der Waals surface area (Å²) in [5, 5.41) is 0. The van der Waals surface area contributed by atoms with Crippen LogP contribution in [0.4, 0.5) is 0 Å². The molecule has 0 spiro atoms. The zero-order chi connectivity index (χ0) is 30.0. The summed E-state index contributed by atoms with van der Waals surface area (Å²) in [6, 6.07) is 7.06. The Morgan fingerprint density at radius 2 is 1.63 bits per heavy atom. The van der Waals surface area contributed by atoms with Crippen LogP contribution in [0.1, 0.15) is 125 Å². The molecule has 1 aromatic carbocycles. The average Bonchev–Trinajstić information content (AvgIpc) is 3.17. The van der Waals surface area contributed by atoms with Crippen molar-refractivity contribution in [2.24, 2.45) is 39.4 Å². The SMILES string of the molecule is CC(C)=CCCC(C)C1CCC2(C)C3=C(CCC12C)C1(C)CCC(OS(=O)(=O)c2ccc(C)cc2)C(C)(C)C1CC3. The number of fused-ring (bicyclic) bond motifs is 4. The predicted octanol–water partition coefficient (Wildman–Crippen LogP) is 10.2. The average molecular weight is 581 g/mol. The van der Waals surface area contributed by atoms with Gasteiger partial charge in [-0.3, -0.25) is 4.18 Å². The molecule has 7 atom stereocenters. The lowest BCUT2D eigenvalue weighted by Crippen LogP contribution is -2.55. The van der Waals surface area contributed by atoms with E-state index in [4.69, 9.17) is 4.18 Å². The molecule has 4 aliphatic carbocycles. The van der Waals surface area contributed by atoms with Crippen LogP contribution >= 0.6 is 0 Å². The van der Waals surface area contributed by atoms with E-state index in [1.807, 2.05) is 19.1 Å². The Morgan fingerprint density at radius 3 is 2.29 bits per heavy atom. The summed E-state index contributed by atoms with van der Waals surface area (Å²) >= 11 is 0. The summed E-state index contributed by atoms with van der Waals surface area (Å²) in [7, 11) is -3.80. The first-order valence-electron chi connectivity index (χ1n) is 16.4. The van der Waals surface area contributed by atoms with Crippen LogP contribution in [0.25, 0.3) is 0 Å². The lowest BCUT2D eigenvalue weighted by Gasteiger charge is -2.62. The van der Waals surface area contributed by atoms with E-state index in [0.717, 1.165) is 36.7 Å².